The van der Waals surface area contributed by atoms with Crippen LogP contribution in [-0.4, -0.2) is 26.9 Å². The highest BCUT2D eigenvalue weighted by atomic mass is 32.2. The van der Waals surface area contributed by atoms with Gasteiger partial charge < -0.3 is 9.84 Å². The monoisotopic (exact) mass is 284 g/mol. The largest absolute Gasteiger partial charge is 0.496 e. The van der Waals surface area contributed by atoms with Gasteiger partial charge in [-0.2, -0.15) is 0 Å². The molecule has 2 aliphatic heterocycles. The van der Waals surface area contributed by atoms with Gasteiger partial charge in [-0.1, -0.05) is 0 Å². The number of methoxy groups -OCH3 is 1. The summed E-state index contributed by atoms with van der Waals surface area (Å²) in [5.41, 5.74) is -0.427. The summed E-state index contributed by atoms with van der Waals surface area (Å²) >= 11 is 0. The Morgan fingerprint density at radius 1 is 1.37 bits per heavy atom. The van der Waals surface area contributed by atoms with E-state index in [1.807, 2.05) is 0 Å². The van der Waals surface area contributed by atoms with E-state index in [1.165, 1.54) is 19.2 Å². The van der Waals surface area contributed by atoms with Crippen LogP contribution in [0.1, 0.15) is 31.2 Å². The quantitative estimate of drug-likeness (QED) is 0.904. The van der Waals surface area contributed by atoms with Crippen molar-refractivity contribution in [1.29, 1.82) is 0 Å². The fraction of sp³-hybridized carbons (Fsp3) is 0.571. The summed E-state index contributed by atoms with van der Waals surface area (Å²) in [6.07, 6.45) is 2.75. The standard InChI is InChI=1S/C14H17FO3S/c1-18-13-6-9(15)2-5-12(13)14(16)7-10-3-4-11(8-14)19(10)17/h2,5-6,10-11,16H,3-4,7-8H2,1H3. The van der Waals surface area contributed by atoms with Crippen LogP contribution in [0.15, 0.2) is 18.2 Å². The van der Waals surface area contributed by atoms with Gasteiger partial charge in [-0.3, -0.25) is 4.21 Å². The average molecular weight is 284 g/mol. The Bertz CT molecular complexity index is 515. The molecule has 3 rings (SSSR count). The van der Waals surface area contributed by atoms with E-state index >= 15 is 0 Å². The maximum Gasteiger partial charge on any atom is 0.127 e. The lowest BCUT2D eigenvalue weighted by molar-refractivity contribution is 0.0162. The smallest absolute Gasteiger partial charge is 0.127 e. The van der Waals surface area contributed by atoms with Crippen LogP contribution in [0.3, 0.4) is 0 Å². The van der Waals surface area contributed by atoms with E-state index < -0.39 is 16.4 Å². The maximum absolute atomic E-state index is 13.2. The molecule has 0 aliphatic carbocycles. The van der Waals surface area contributed by atoms with Crippen molar-refractivity contribution in [3.05, 3.63) is 29.6 Å². The Kier molecular flexibility index (Phi) is 3.14. The SMILES string of the molecule is COc1cc(F)ccc1C1(O)CC2CCC(C1)S2=O. The normalized spacial score (nSPS) is 37.3. The van der Waals surface area contributed by atoms with E-state index in [9.17, 15) is 13.7 Å². The van der Waals surface area contributed by atoms with Crippen molar-refractivity contribution in [3.8, 4) is 5.75 Å². The molecule has 0 radical (unpaired) electrons. The predicted octanol–water partition coefficient (Wildman–Crippen LogP) is 2.10. The van der Waals surface area contributed by atoms with E-state index in [2.05, 4.69) is 0 Å². The first kappa shape index (κ1) is 13.1. The molecular weight excluding hydrogens is 267 g/mol. The van der Waals surface area contributed by atoms with Crippen LogP contribution in [0, 0.1) is 5.82 Å². The third-order valence-electron chi connectivity index (χ3n) is 4.26. The molecular formula is C14H17FO3S. The third kappa shape index (κ3) is 2.09. The molecule has 19 heavy (non-hydrogen) atoms. The summed E-state index contributed by atoms with van der Waals surface area (Å²) < 4.78 is 30.5. The van der Waals surface area contributed by atoms with Gasteiger partial charge in [0.15, 0.2) is 0 Å². The summed E-state index contributed by atoms with van der Waals surface area (Å²) in [5, 5.41) is 11.0. The number of hydrogen-bond acceptors (Lipinski definition) is 3. The van der Waals surface area contributed by atoms with Crippen LogP contribution >= 0.6 is 0 Å². The van der Waals surface area contributed by atoms with Gasteiger partial charge in [-0.15, -0.1) is 0 Å². The fourth-order valence-corrected chi connectivity index (χ4v) is 5.51. The van der Waals surface area contributed by atoms with E-state index in [4.69, 9.17) is 4.74 Å². The van der Waals surface area contributed by atoms with Gasteiger partial charge in [-0.25, -0.2) is 4.39 Å². The highest BCUT2D eigenvalue weighted by Gasteiger charge is 2.49. The second-order valence-corrected chi connectivity index (χ2v) is 7.42. The van der Waals surface area contributed by atoms with Crippen LogP contribution in [-0.2, 0) is 16.4 Å². The Morgan fingerprint density at radius 3 is 2.58 bits per heavy atom. The van der Waals surface area contributed by atoms with Gasteiger partial charge in [0.05, 0.1) is 12.7 Å². The summed E-state index contributed by atoms with van der Waals surface area (Å²) in [7, 11) is 0.643. The molecule has 1 N–H and O–H groups in total. The first-order valence-corrected chi connectivity index (χ1v) is 7.77. The number of halogens is 1. The second kappa shape index (κ2) is 4.56. The Hall–Kier alpha value is -0.940. The number of benzene rings is 1. The van der Waals surface area contributed by atoms with Crippen molar-refractivity contribution in [2.45, 2.75) is 41.8 Å². The van der Waals surface area contributed by atoms with Gasteiger partial charge in [0.1, 0.15) is 11.6 Å². The van der Waals surface area contributed by atoms with E-state index in [0.29, 0.717) is 24.2 Å². The van der Waals surface area contributed by atoms with Crippen molar-refractivity contribution in [2.75, 3.05) is 7.11 Å². The molecule has 1 aromatic carbocycles. The molecule has 2 heterocycles. The van der Waals surface area contributed by atoms with Gasteiger partial charge >= 0.3 is 0 Å². The van der Waals surface area contributed by atoms with Crippen molar-refractivity contribution < 1.29 is 18.4 Å². The molecule has 104 valence electrons. The topological polar surface area (TPSA) is 46.5 Å². The lowest BCUT2D eigenvalue weighted by Gasteiger charge is -2.36. The second-order valence-electron chi connectivity index (χ2n) is 5.43. The van der Waals surface area contributed by atoms with Gasteiger partial charge in [0, 0.05) is 32.9 Å². The summed E-state index contributed by atoms with van der Waals surface area (Å²) in [5.74, 6) is -0.0128. The molecule has 2 atom stereocenters. The number of hydrogen-bond donors (Lipinski definition) is 1. The molecule has 5 heteroatoms. The number of fused-ring (bicyclic) bond motifs is 2. The minimum atomic E-state index is -1.04. The molecule has 2 bridgehead atoms. The first-order chi connectivity index (χ1) is 9.03. The Balaban J connectivity index is 2.00. The lowest BCUT2D eigenvalue weighted by atomic mass is 9.85. The van der Waals surface area contributed by atoms with Crippen molar-refractivity contribution >= 4 is 10.8 Å². The molecule has 0 saturated carbocycles. The molecule has 3 nitrogen and oxygen atoms in total. The van der Waals surface area contributed by atoms with Crippen molar-refractivity contribution in [2.24, 2.45) is 0 Å². The summed E-state index contributed by atoms with van der Waals surface area (Å²) in [4.78, 5) is 0. The number of rotatable bonds is 2. The van der Waals surface area contributed by atoms with Crippen LogP contribution in [0.4, 0.5) is 4.39 Å². The number of ether oxygens (including phenoxy) is 1. The van der Waals surface area contributed by atoms with Crippen LogP contribution < -0.4 is 4.74 Å². The molecule has 1 aromatic rings. The molecule has 0 aromatic heterocycles. The molecule has 2 saturated heterocycles. The minimum absolute atomic E-state index is 0.0542. The van der Waals surface area contributed by atoms with Gasteiger partial charge in [0.2, 0.25) is 0 Å². The average Bonchev–Trinajstić information content (AvgIpc) is 2.62. The van der Waals surface area contributed by atoms with Gasteiger partial charge in [0.25, 0.3) is 0 Å². The van der Waals surface area contributed by atoms with Crippen LogP contribution in [0.5, 0.6) is 5.75 Å². The highest BCUT2D eigenvalue weighted by molar-refractivity contribution is 7.86. The zero-order chi connectivity index (χ0) is 13.6. The Morgan fingerprint density at radius 2 is 2.00 bits per heavy atom. The molecule has 0 amide bonds. The minimum Gasteiger partial charge on any atom is -0.496 e. The van der Waals surface area contributed by atoms with E-state index in [0.717, 1.165) is 12.8 Å². The van der Waals surface area contributed by atoms with E-state index in [-0.39, 0.29) is 16.3 Å². The van der Waals surface area contributed by atoms with Crippen LogP contribution in [0.2, 0.25) is 0 Å². The highest BCUT2D eigenvalue weighted by Crippen LogP contribution is 2.47. The maximum atomic E-state index is 13.2. The van der Waals surface area contributed by atoms with Crippen LogP contribution in [0.25, 0.3) is 0 Å². The molecule has 2 unspecified atom stereocenters. The van der Waals surface area contributed by atoms with Crippen molar-refractivity contribution in [1.82, 2.24) is 0 Å². The molecule has 0 spiro atoms. The molecule has 2 aliphatic rings. The van der Waals surface area contributed by atoms with E-state index in [1.54, 1.807) is 6.07 Å². The molecule has 2 fully saturated rings. The summed E-state index contributed by atoms with van der Waals surface area (Å²) in [6.45, 7) is 0. The first-order valence-electron chi connectivity index (χ1n) is 6.49. The third-order valence-corrected chi connectivity index (χ3v) is 6.38. The fourth-order valence-electron chi connectivity index (χ4n) is 3.35. The lowest BCUT2D eigenvalue weighted by Crippen LogP contribution is -2.40. The number of aliphatic hydroxyl groups is 1. The zero-order valence-corrected chi connectivity index (χ0v) is 11.6. The van der Waals surface area contributed by atoms with Gasteiger partial charge in [-0.05, 0) is 37.8 Å². The summed E-state index contributed by atoms with van der Waals surface area (Å²) in [6, 6.07) is 4.21. The zero-order valence-electron chi connectivity index (χ0n) is 10.8. The van der Waals surface area contributed by atoms with Crippen molar-refractivity contribution in [3.63, 3.8) is 0 Å². The Labute approximate surface area is 114 Å². The predicted molar refractivity (Wildman–Crippen MR) is 71.0 cm³/mol.